The Balaban J connectivity index is 2.10. The Hall–Kier alpha value is -1.85. The van der Waals surface area contributed by atoms with Gasteiger partial charge in [-0.3, -0.25) is 9.59 Å². The number of carboxylic acid groups (broad SMARTS) is 1. The molecule has 0 saturated carbocycles. The molecule has 1 aliphatic heterocycles. The van der Waals surface area contributed by atoms with Crippen molar-refractivity contribution in [2.45, 2.75) is 13.3 Å². The van der Waals surface area contributed by atoms with Crippen molar-refractivity contribution in [3.05, 3.63) is 18.2 Å². The molecular weight excluding hydrogens is 210 g/mol. The Kier molecular flexibility index (Phi) is 2.41. The van der Waals surface area contributed by atoms with Gasteiger partial charge in [0.25, 0.3) is 5.91 Å². The summed E-state index contributed by atoms with van der Waals surface area (Å²) in [6, 6.07) is 0. The van der Waals surface area contributed by atoms with Crippen LogP contribution in [0.15, 0.2) is 12.5 Å². The molecule has 1 amide bonds. The van der Waals surface area contributed by atoms with Crippen molar-refractivity contribution in [3.63, 3.8) is 0 Å². The van der Waals surface area contributed by atoms with Crippen LogP contribution in [0.4, 0.5) is 0 Å². The van der Waals surface area contributed by atoms with E-state index in [9.17, 15) is 9.59 Å². The Morgan fingerprint density at radius 3 is 2.88 bits per heavy atom. The number of carbonyl (C=O) groups is 2. The second-order valence-electron chi connectivity index (χ2n) is 4.31. The second kappa shape index (κ2) is 3.62. The fourth-order valence-electron chi connectivity index (χ4n) is 1.85. The highest BCUT2D eigenvalue weighted by Gasteiger charge is 2.42. The van der Waals surface area contributed by atoms with E-state index in [1.54, 1.807) is 11.8 Å². The molecule has 2 heterocycles. The molecule has 1 saturated heterocycles. The van der Waals surface area contributed by atoms with Crippen LogP contribution in [0.25, 0.3) is 0 Å². The fourth-order valence-corrected chi connectivity index (χ4v) is 1.85. The van der Waals surface area contributed by atoms with Crippen LogP contribution in [0.5, 0.6) is 0 Å². The summed E-state index contributed by atoms with van der Waals surface area (Å²) in [5.74, 6) is -1.05. The number of likely N-dealkylation sites (tertiary alicyclic amines) is 1. The molecule has 0 radical (unpaired) electrons. The zero-order chi connectivity index (χ0) is 11.8. The molecule has 2 rings (SSSR count). The monoisotopic (exact) mass is 223 g/mol. The lowest BCUT2D eigenvalue weighted by Gasteiger charge is -2.19. The molecule has 1 atom stereocenters. The van der Waals surface area contributed by atoms with E-state index in [2.05, 4.69) is 9.97 Å². The number of aromatic amines is 1. The Labute approximate surface area is 92.3 Å². The van der Waals surface area contributed by atoms with Crippen molar-refractivity contribution in [1.82, 2.24) is 14.9 Å². The minimum atomic E-state index is -0.854. The third-order valence-corrected chi connectivity index (χ3v) is 3.01. The first-order chi connectivity index (χ1) is 7.53. The molecule has 1 aromatic heterocycles. The molecule has 1 aromatic rings. The van der Waals surface area contributed by atoms with Crippen LogP contribution in [-0.2, 0) is 4.79 Å². The van der Waals surface area contributed by atoms with Gasteiger partial charge >= 0.3 is 5.97 Å². The maximum Gasteiger partial charge on any atom is 0.311 e. The average molecular weight is 223 g/mol. The van der Waals surface area contributed by atoms with Gasteiger partial charge in [0.1, 0.15) is 5.69 Å². The number of nitrogens with zero attached hydrogens (tertiary/aromatic N) is 2. The van der Waals surface area contributed by atoms with E-state index < -0.39 is 11.4 Å². The van der Waals surface area contributed by atoms with Crippen LogP contribution in [-0.4, -0.2) is 44.9 Å². The standard InChI is InChI=1S/C10H13N3O3/c1-10(9(15)16)2-3-13(5-10)8(14)7-4-11-6-12-7/h4,6H,2-3,5H2,1H3,(H,11,12)(H,15,16). The maximum absolute atomic E-state index is 11.9. The molecule has 16 heavy (non-hydrogen) atoms. The van der Waals surface area contributed by atoms with Crippen LogP contribution >= 0.6 is 0 Å². The van der Waals surface area contributed by atoms with Crippen molar-refractivity contribution in [2.24, 2.45) is 5.41 Å². The Morgan fingerprint density at radius 2 is 2.38 bits per heavy atom. The van der Waals surface area contributed by atoms with E-state index in [1.807, 2.05) is 0 Å². The van der Waals surface area contributed by atoms with Crippen LogP contribution in [0, 0.1) is 5.41 Å². The van der Waals surface area contributed by atoms with Gasteiger partial charge in [0.2, 0.25) is 0 Å². The summed E-state index contributed by atoms with van der Waals surface area (Å²) in [4.78, 5) is 30.9. The fraction of sp³-hybridized carbons (Fsp3) is 0.500. The molecule has 1 unspecified atom stereocenters. The third-order valence-electron chi connectivity index (χ3n) is 3.01. The number of rotatable bonds is 2. The van der Waals surface area contributed by atoms with Crippen LogP contribution < -0.4 is 0 Å². The van der Waals surface area contributed by atoms with Gasteiger partial charge in [0, 0.05) is 13.1 Å². The number of H-pyrrole nitrogens is 1. The molecule has 1 fully saturated rings. The molecule has 0 bridgehead atoms. The molecule has 0 aromatic carbocycles. The minimum absolute atomic E-state index is 0.192. The van der Waals surface area contributed by atoms with Crippen LogP contribution in [0.1, 0.15) is 23.8 Å². The van der Waals surface area contributed by atoms with E-state index in [-0.39, 0.29) is 12.5 Å². The number of aromatic nitrogens is 2. The lowest BCUT2D eigenvalue weighted by Crippen LogP contribution is -2.35. The zero-order valence-electron chi connectivity index (χ0n) is 8.93. The molecule has 1 aliphatic rings. The van der Waals surface area contributed by atoms with Gasteiger partial charge in [-0.15, -0.1) is 0 Å². The summed E-state index contributed by atoms with van der Waals surface area (Å²) in [5, 5.41) is 9.04. The minimum Gasteiger partial charge on any atom is -0.481 e. The van der Waals surface area contributed by atoms with Crippen molar-refractivity contribution in [3.8, 4) is 0 Å². The summed E-state index contributed by atoms with van der Waals surface area (Å²) in [6.07, 6.45) is 3.36. The van der Waals surface area contributed by atoms with E-state index in [4.69, 9.17) is 5.11 Å². The molecule has 0 aliphatic carbocycles. The summed E-state index contributed by atoms with van der Waals surface area (Å²) < 4.78 is 0. The number of carbonyl (C=O) groups excluding carboxylic acids is 1. The topological polar surface area (TPSA) is 86.3 Å². The number of aliphatic carboxylic acids is 1. The average Bonchev–Trinajstić information content (AvgIpc) is 2.85. The van der Waals surface area contributed by atoms with E-state index in [1.165, 1.54) is 12.5 Å². The molecule has 86 valence electrons. The number of amides is 1. The van der Waals surface area contributed by atoms with Crippen molar-refractivity contribution < 1.29 is 14.7 Å². The van der Waals surface area contributed by atoms with Gasteiger partial charge in [-0.1, -0.05) is 0 Å². The summed E-state index contributed by atoms with van der Waals surface area (Å²) in [6.45, 7) is 2.39. The van der Waals surface area contributed by atoms with Crippen molar-refractivity contribution >= 4 is 11.9 Å². The number of imidazole rings is 1. The molecule has 6 nitrogen and oxygen atoms in total. The number of hydrogen-bond acceptors (Lipinski definition) is 3. The molecule has 2 N–H and O–H groups in total. The highest BCUT2D eigenvalue weighted by Crippen LogP contribution is 2.30. The van der Waals surface area contributed by atoms with E-state index >= 15 is 0 Å². The van der Waals surface area contributed by atoms with Crippen molar-refractivity contribution in [2.75, 3.05) is 13.1 Å². The highest BCUT2D eigenvalue weighted by atomic mass is 16.4. The highest BCUT2D eigenvalue weighted by molar-refractivity contribution is 5.93. The number of carboxylic acids is 1. The van der Waals surface area contributed by atoms with Gasteiger partial charge < -0.3 is 15.0 Å². The third kappa shape index (κ3) is 1.66. The zero-order valence-corrected chi connectivity index (χ0v) is 8.93. The van der Waals surface area contributed by atoms with Gasteiger partial charge in [-0.2, -0.15) is 0 Å². The lowest BCUT2D eigenvalue weighted by atomic mass is 9.90. The first-order valence-electron chi connectivity index (χ1n) is 5.04. The van der Waals surface area contributed by atoms with Gasteiger partial charge in [0.15, 0.2) is 0 Å². The van der Waals surface area contributed by atoms with Gasteiger partial charge in [-0.05, 0) is 13.3 Å². The Bertz CT molecular complexity index is 415. The molecule has 0 spiro atoms. The summed E-state index contributed by atoms with van der Waals surface area (Å²) in [5.41, 5.74) is -0.426. The van der Waals surface area contributed by atoms with Gasteiger partial charge in [-0.25, -0.2) is 4.98 Å². The largest absolute Gasteiger partial charge is 0.481 e. The predicted molar refractivity (Wildman–Crippen MR) is 54.9 cm³/mol. The van der Waals surface area contributed by atoms with Crippen LogP contribution in [0.3, 0.4) is 0 Å². The van der Waals surface area contributed by atoms with Crippen LogP contribution in [0.2, 0.25) is 0 Å². The molecular formula is C10H13N3O3. The first kappa shape index (κ1) is 10.7. The second-order valence-corrected chi connectivity index (χ2v) is 4.31. The Morgan fingerprint density at radius 1 is 1.62 bits per heavy atom. The SMILES string of the molecule is CC1(C(=O)O)CCN(C(=O)c2cnc[nH]2)C1. The van der Waals surface area contributed by atoms with E-state index in [0.717, 1.165) is 0 Å². The number of nitrogens with one attached hydrogen (secondary N) is 1. The summed E-state index contributed by atoms with van der Waals surface area (Å²) in [7, 11) is 0. The maximum atomic E-state index is 11.9. The molecule has 6 heteroatoms. The van der Waals surface area contributed by atoms with Gasteiger partial charge in [0.05, 0.1) is 17.9 Å². The van der Waals surface area contributed by atoms with Crippen molar-refractivity contribution in [1.29, 1.82) is 0 Å². The normalized spacial score (nSPS) is 24.7. The summed E-state index contributed by atoms with van der Waals surface area (Å²) >= 11 is 0. The predicted octanol–water partition coefficient (Wildman–Crippen LogP) is 0.347. The lowest BCUT2D eigenvalue weighted by molar-refractivity contribution is -0.147. The quantitative estimate of drug-likeness (QED) is 0.757. The van der Waals surface area contributed by atoms with E-state index in [0.29, 0.717) is 18.7 Å². The smallest absolute Gasteiger partial charge is 0.311 e. The number of hydrogen-bond donors (Lipinski definition) is 2. The first-order valence-corrected chi connectivity index (χ1v) is 5.04.